The van der Waals surface area contributed by atoms with Gasteiger partial charge < -0.3 is 4.90 Å². The zero-order valence-electron chi connectivity index (χ0n) is 12.4. The smallest absolute Gasteiger partial charge is 0.171 e. The molecule has 0 fully saturated rings. The van der Waals surface area contributed by atoms with E-state index in [1.54, 1.807) is 23.9 Å². The summed E-state index contributed by atoms with van der Waals surface area (Å²) in [5, 5.41) is 10.9. The van der Waals surface area contributed by atoms with Gasteiger partial charge in [0.05, 0.1) is 17.3 Å². The molecule has 0 unspecified atom stereocenters. The van der Waals surface area contributed by atoms with Crippen LogP contribution in [0.4, 0.5) is 5.69 Å². The number of aliphatic imine (C=N–C) groups is 1. The Bertz CT molecular complexity index is 731. The minimum atomic E-state index is 0.651. The predicted octanol–water partition coefficient (Wildman–Crippen LogP) is 3.96. The van der Waals surface area contributed by atoms with Gasteiger partial charge in [-0.25, -0.2) is 9.98 Å². The number of fused-ring (bicyclic) bond motifs is 1. The maximum atomic E-state index is 8.86. The molecule has 0 radical (unpaired) electrons. The summed E-state index contributed by atoms with van der Waals surface area (Å²) >= 11 is 1.61. The monoisotopic (exact) mass is 308 g/mol. The van der Waals surface area contributed by atoms with E-state index < -0.39 is 0 Å². The van der Waals surface area contributed by atoms with Crippen LogP contribution in [0.1, 0.15) is 24.5 Å². The molecule has 0 bridgehead atoms. The average Bonchev–Trinajstić information content (AvgIpc) is 2.56. The highest BCUT2D eigenvalue weighted by molar-refractivity contribution is 8.13. The molecule has 1 aliphatic rings. The molecule has 2 heterocycles. The molecular weight excluding hydrogens is 292 g/mol. The fraction of sp³-hybridized carbons (Fsp3) is 0.235. The van der Waals surface area contributed by atoms with Crippen molar-refractivity contribution < 1.29 is 0 Å². The normalized spacial score (nSPS) is 15.5. The first-order chi connectivity index (χ1) is 10.8. The fourth-order valence-corrected chi connectivity index (χ4v) is 3.31. The van der Waals surface area contributed by atoms with Crippen molar-refractivity contribution in [3.05, 3.63) is 53.7 Å². The maximum Gasteiger partial charge on any atom is 0.171 e. The lowest BCUT2D eigenvalue weighted by Gasteiger charge is -2.30. The summed E-state index contributed by atoms with van der Waals surface area (Å²) in [5.74, 6) is 0. The van der Waals surface area contributed by atoms with Gasteiger partial charge >= 0.3 is 0 Å². The number of benzene rings is 1. The molecule has 3 rings (SSSR count). The highest BCUT2D eigenvalue weighted by Crippen LogP contribution is 2.32. The Morgan fingerprint density at radius 1 is 1.32 bits per heavy atom. The van der Waals surface area contributed by atoms with Crippen molar-refractivity contribution in [1.82, 2.24) is 9.88 Å². The number of pyridine rings is 1. The molecule has 2 aromatic rings. The second-order valence-electron chi connectivity index (χ2n) is 5.04. The van der Waals surface area contributed by atoms with Crippen LogP contribution in [0.25, 0.3) is 0 Å². The molecule has 0 atom stereocenters. The van der Waals surface area contributed by atoms with Crippen LogP contribution in [0.5, 0.6) is 0 Å². The SMILES string of the molecule is CCCN1Cc2cccnc2SC1=Nc1ccc(C#N)cc1. The van der Waals surface area contributed by atoms with E-state index in [9.17, 15) is 0 Å². The molecule has 0 aliphatic carbocycles. The van der Waals surface area contributed by atoms with Gasteiger partial charge in [-0.05, 0) is 48.5 Å². The van der Waals surface area contributed by atoms with E-state index in [4.69, 9.17) is 10.3 Å². The van der Waals surface area contributed by atoms with Crippen molar-refractivity contribution in [2.75, 3.05) is 6.54 Å². The highest BCUT2D eigenvalue weighted by atomic mass is 32.2. The van der Waals surface area contributed by atoms with Crippen LogP contribution in [0.15, 0.2) is 52.6 Å². The van der Waals surface area contributed by atoms with Crippen LogP contribution in [0.3, 0.4) is 0 Å². The fourth-order valence-electron chi connectivity index (χ4n) is 2.32. The van der Waals surface area contributed by atoms with Crippen molar-refractivity contribution in [1.29, 1.82) is 5.26 Å². The van der Waals surface area contributed by atoms with Crippen molar-refractivity contribution in [2.45, 2.75) is 24.9 Å². The number of hydrogen-bond acceptors (Lipinski definition) is 4. The quantitative estimate of drug-likeness (QED) is 0.861. The minimum absolute atomic E-state index is 0.651. The number of nitriles is 1. The molecule has 0 N–H and O–H groups in total. The summed E-state index contributed by atoms with van der Waals surface area (Å²) in [4.78, 5) is 11.5. The number of rotatable bonds is 3. The Hall–Kier alpha value is -2.32. The van der Waals surface area contributed by atoms with E-state index in [1.165, 1.54) is 5.56 Å². The Balaban J connectivity index is 1.92. The molecule has 22 heavy (non-hydrogen) atoms. The zero-order valence-corrected chi connectivity index (χ0v) is 13.2. The Kier molecular flexibility index (Phi) is 4.40. The molecule has 0 saturated carbocycles. The highest BCUT2D eigenvalue weighted by Gasteiger charge is 2.22. The van der Waals surface area contributed by atoms with Gasteiger partial charge in [-0.2, -0.15) is 5.26 Å². The Morgan fingerprint density at radius 3 is 2.86 bits per heavy atom. The summed E-state index contributed by atoms with van der Waals surface area (Å²) in [6.45, 7) is 3.98. The number of aromatic nitrogens is 1. The third-order valence-corrected chi connectivity index (χ3v) is 4.48. The number of hydrogen-bond donors (Lipinski definition) is 0. The molecular formula is C17H16N4S. The van der Waals surface area contributed by atoms with E-state index in [0.717, 1.165) is 35.4 Å². The van der Waals surface area contributed by atoms with E-state index in [1.807, 2.05) is 24.4 Å². The van der Waals surface area contributed by atoms with Gasteiger partial charge in [-0.3, -0.25) is 0 Å². The largest absolute Gasteiger partial charge is 0.346 e. The number of nitrogens with zero attached hydrogens (tertiary/aromatic N) is 4. The number of thioether (sulfide) groups is 1. The van der Waals surface area contributed by atoms with Gasteiger partial charge in [-0.1, -0.05) is 13.0 Å². The average molecular weight is 308 g/mol. The van der Waals surface area contributed by atoms with Gasteiger partial charge in [0.2, 0.25) is 0 Å². The summed E-state index contributed by atoms with van der Waals surface area (Å²) < 4.78 is 0. The Morgan fingerprint density at radius 2 is 2.14 bits per heavy atom. The summed E-state index contributed by atoms with van der Waals surface area (Å²) in [5.41, 5.74) is 2.76. The van der Waals surface area contributed by atoms with Crippen LogP contribution in [0, 0.1) is 11.3 Å². The maximum absolute atomic E-state index is 8.86. The molecule has 4 nitrogen and oxygen atoms in total. The van der Waals surface area contributed by atoms with Gasteiger partial charge in [0.25, 0.3) is 0 Å². The van der Waals surface area contributed by atoms with Gasteiger partial charge in [0, 0.05) is 24.8 Å². The van der Waals surface area contributed by atoms with Crippen LogP contribution < -0.4 is 0 Å². The van der Waals surface area contributed by atoms with E-state index >= 15 is 0 Å². The van der Waals surface area contributed by atoms with Crippen molar-refractivity contribution in [3.8, 4) is 6.07 Å². The summed E-state index contributed by atoms with van der Waals surface area (Å²) in [6, 6.07) is 13.6. The third kappa shape index (κ3) is 3.12. The van der Waals surface area contributed by atoms with Crippen LogP contribution in [-0.4, -0.2) is 21.6 Å². The topological polar surface area (TPSA) is 52.3 Å². The van der Waals surface area contributed by atoms with Crippen LogP contribution in [0.2, 0.25) is 0 Å². The molecule has 1 aliphatic heterocycles. The third-order valence-electron chi connectivity index (χ3n) is 3.38. The molecule has 0 amide bonds. The lowest BCUT2D eigenvalue weighted by Crippen LogP contribution is -2.32. The zero-order chi connectivity index (χ0) is 15.4. The van der Waals surface area contributed by atoms with E-state index in [0.29, 0.717) is 5.56 Å². The second-order valence-corrected chi connectivity index (χ2v) is 6.00. The first-order valence-corrected chi connectivity index (χ1v) is 8.07. The molecule has 1 aromatic heterocycles. The lowest BCUT2D eigenvalue weighted by molar-refractivity contribution is 0.411. The van der Waals surface area contributed by atoms with Gasteiger partial charge in [-0.15, -0.1) is 0 Å². The Labute approximate surface area is 134 Å². The van der Waals surface area contributed by atoms with E-state index in [-0.39, 0.29) is 0 Å². The standard InChI is InChI=1S/C17H16N4S/c1-2-10-21-12-14-4-3-9-19-16(14)22-17(21)20-15-7-5-13(11-18)6-8-15/h3-9H,2,10,12H2,1H3. The minimum Gasteiger partial charge on any atom is -0.346 e. The first kappa shape index (κ1) is 14.6. The van der Waals surface area contributed by atoms with Crippen molar-refractivity contribution >= 4 is 22.6 Å². The first-order valence-electron chi connectivity index (χ1n) is 7.25. The summed E-state index contributed by atoms with van der Waals surface area (Å²) in [7, 11) is 0. The second kappa shape index (κ2) is 6.63. The van der Waals surface area contributed by atoms with Crippen molar-refractivity contribution in [3.63, 3.8) is 0 Å². The van der Waals surface area contributed by atoms with Crippen LogP contribution >= 0.6 is 11.8 Å². The van der Waals surface area contributed by atoms with Gasteiger partial charge in [0.1, 0.15) is 5.03 Å². The number of amidine groups is 1. The molecule has 0 saturated heterocycles. The predicted molar refractivity (Wildman–Crippen MR) is 89.0 cm³/mol. The van der Waals surface area contributed by atoms with Crippen molar-refractivity contribution in [2.24, 2.45) is 4.99 Å². The van der Waals surface area contributed by atoms with Gasteiger partial charge in [0.15, 0.2) is 5.17 Å². The summed E-state index contributed by atoms with van der Waals surface area (Å²) in [6.07, 6.45) is 2.89. The lowest BCUT2D eigenvalue weighted by atomic mass is 10.2. The molecule has 0 spiro atoms. The molecule has 1 aromatic carbocycles. The molecule has 5 heteroatoms. The molecule has 110 valence electrons. The van der Waals surface area contributed by atoms with E-state index in [2.05, 4.69) is 28.9 Å². The van der Waals surface area contributed by atoms with Crippen LogP contribution in [-0.2, 0) is 6.54 Å².